The summed E-state index contributed by atoms with van der Waals surface area (Å²) in [7, 11) is 4.68. The van der Waals surface area contributed by atoms with Gasteiger partial charge in [0.1, 0.15) is 53.7 Å². The molecule has 0 atom stereocenters. The summed E-state index contributed by atoms with van der Waals surface area (Å²) in [4.78, 5) is 144. The number of nitrogens with zero attached hydrogens (tertiary/aromatic N) is 10. The van der Waals surface area contributed by atoms with E-state index in [9.17, 15) is 43.2 Å². The van der Waals surface area contributed by atoms with Gasteiger partial charge in [0.25, 0.3) is 0 Å². The number of hydrogen-bond donors (Lipinski definition) is 8. The largest absolute Gasteiger partial charge is 0.461 e. The lowest BCUT2D eigenvalue weighted by Gasteiger charge is -2.27. The number of benzene rings is 3. The number of nitrogen functional groups attached to an aromatic ring is 3. The average molecular weight is 1510 g/mol. The van der Waals surface area contributed by atoms with Crippen LogP contribution in [0.25, 0.3) is 33.5 Å². The number of methoxy groups -OCH3 is 3. The summed E-state index contributed by atoms with van der Waals surface area (Å²) in [6.07, 6.45) is 5.47. The molecule has 6 aromatic heterocycles. The SMILES string of the molecule is C=CC(=O)CCc1ccc(Cn2c(=O)[nH]c3c(N)nc(OCCOC)nc32)cc1.COCCOc1nc(N)c2[nH]c(=O)n(Cc3ccc(CCC(=O)CCC(=O)N4CCNCC4)cc3)c2n1.COCCOc1nc(N)c2[nH]c(=O)n(Cc3ccc(CCC(=O)CCC(=O)NCCOCCOCCC(C)=O)cc3)c2n1. The van der Waals surface area contributed by atoms with Gasteiger partial charge in [-0.15, -0.1) is 0 Å². The molecule has 1 aliphatic heterocycles. The summed E-state index contributed by atoms with van der Waals surface area (Å²) in [5.41, 5.74) is 24.7. The highest BCUT2D eigenvalue weighted by atomic mass is 16.5. The Hall–Kier alpha value is -11.4. The van der Waals surface area contributed by atoms with Gasteiger partial charge in [0, 0.05) is 105 Å². The second-order valence-corrected chi connectivity index (χ2v) is 25.2. The number of imidazole rings is 3. The summed E-state index contributed by atoms with van der Waals surface area (Å²) in [6, 6.07) is 23.2. The smallest absolute Gasteiger partial charge is 0.328 e. The zero-order valence-electron chi connectivity index (χ0n) is 61.9. The van der Waals surface area contributed by atoms with E-state index in [0.717, 1.165) is 46.5 Å². The number of aromatic nitrogens is 12. The zero-order valence-corrected chi connectivity index (χ0v) is 61.9. The van der Waals surface area contributed by atoms with E-state index in [0.29, 0.717) is 151 Å². The van der Waals surface area contributed by atoms with Gasteiger partial charge in [0.2, 0.25) is 11.8 Å². The molecule has 35 nitrogen and oxygen atoms in total. The maximum absolute atomic E-state index is 12.6. The molecule has 7 heterocycles. The van der Waals surface area contributed by atoms with Crippen LogP contribution in [0.1, 0.15) is 91.7 Å². The molecule has 11 N–H and O–H groups in total. The van der Waals surface area contributed by atoms with Crippen molar-refractivity contribution in [2.24, 2.45) is 0 Å². The van der Waals surface area contributed by atoms with E-state index in [4.69, 9.17) is 55.1 Å². The molecule has 109 heavy (non-hydrogen) atoms. The van der Waals surface area contributed by atoms with E-state index in [1.807, 2.05) is 77.7 Å². The third-order valence-corrected chi connectivity index (χ3v) is 17.1. The summed E-state index contributed by atoms with van der Waals surface area (Å²) in [5, 5.41) is 5.94. The predicted molar refractivity (Wildman–Crippen MR) is 404 cm³/mol. The molecule has 0 radical (unpaired) electrons. The van der Waals surface area contributed by atoms with Crippen LogP contribution in [-0.4, -0.2) is 219 Å². The van der Waals surface area contributed by atoms with E-state index in [-0.39, 0.29) is 146 Å². The van der Waals surface area contributed by atoms with Crippen molar-refractivity contribution in [2.45, 2.75) is 97.2 Å². The normalized spacial score (nSPS) is 11.9. The molecule has 1 saturated heterocycles. The number of aryl methyl sites for hydroxylation is 3. The Balaban J connectivity index is 0.000000209. The van der Waals surface area contributed by atoms with Gasteiger partial charge in [-0.25, -0.2) is 14.4 Å². The number of piperazine rings is 1. The van der Waals surface area contributed by atoms with Crippen molar-refractivity contribution in [1.29, 1.82) is 0 Å². The Bertz CT molecular complexity index is 4680. The number of carbonyl (C=O) groups excluding carboxylic acids is 6. The minimum Gasteiger partial charge on any atom is -0.461 e. The van der Waals surface area contributed by atoms with Gasteiger partial charge in [-0.05, 0) is 65.6 Å². The lowest BCUT2D eigenvalue weighted by molar-refractivity contribution is -0.133. The van der Waals surface area contributed by atoms with E-state index in [1.54, 1.807) is 21.3 Å². The van der Waals surface area contributed by atoms with Crippen molar-refractivity contribution in [1.82, 2.24) is 74.1 Å². The van der Waals surface area contributed by atoms with Crippen LogP contribution in [0.4, 0.5) is 17.5 Å². The van der Waals surface area contributed by atoms with Gasteiger partial charge in [0.15, 0.2) is 40.2 Å². The molecule has 0 bridgehead atoms. The highest BCUT2D eigenvalue weighted by molar-refractivity contribution is 5.89. The van der Waals surface area contributed by atoms with Gasteiger partial charge < -0.3 is 85.6 Å². The number of carbonyl (C=O) groups is 6. The Morgan fingerprint density at radius 2 is 0.826 bits per heavy atom. The van der Waals surface area contributed by atoms with Gasteiger partial charge in [-0.3, -0.25) is 42.5 Å². The van der Waals surface area contributed by atoms with Crippen LogP contribution in [0.3, 0.4) is 0 Å². The highest BCUT2D eigenvalue weighted by Crippen LogP contribution is 2.23. The summed E-state index contributed by atoms with van der Waals surface area (Å²) < 4.78 is 46.3. The number of H-pyrrole nitrogens is 3. The number of aromatic amines is 3. The van der Waals surface area contributed by atoms with Crippen molar-refractivity contribution in [2.75, 3.05) is 137 Å². The van der Waals surface area contributed by atoms with Crippen LogP contribution in [0, 0.1) is 0 Å². The topological polar surface area (TPSA) is 472 Å². The molecule has 35 heteroatoms. The van der Waals surface area contributed by atoms with Crippen molar-refractivity contribution in [3.05, 3.63) is 150 Å². The van der Waals surface area contributed by atoms with Crippen molar-refractivity contribution >= 4 is 85.9 Å². The quantitative estimate of drug-likeness (QED) is 0.0201. The van der Waals surface area contributed by atoms with E-state index >= 15 is 0 Å². The number of allylic oxidation sites excluding steroid dienone is 1. The first kappa shape index (κ1) is 83.3. The average Bonchev–Trinajstić information content (AvgIpc) is 1.65. The van der Waals surface area contributed by atoms with Gasteiger partial charge in [-0.1, -0.05) is 79.4 Å². The first-order chi connectivity index (χ1) is 52.7. The number of nitrogens with two attached hydrogens (primary N) is 3. The Morgan fingerprint density at radius 1 is 0.459 bits per heavy atom. The van der Waals surface area contributed by atoms with Gasteiger partial charge in [0.05, 0.1) is 65.9 Å². The molecule has 0 aliphatic carbocycles. The summed E-state index contributed by atoms with van der Waals surface area (Å²) >= 11 is 0. The zero-order chi connectivity index (χ0) is 78.0. The minimum absolute atomic E-state index is 0.00401. The number of ketones is 4. The number of fused-ring (bicyclic) bond motifs is 3. The summed E-state index contributed by atoms with van der Waals surface area (Å²) in [5.74, 6) is 0.406. The number of nitrogens with one attached hydrogen (secondary N) is 5. The molecule has 9 aromatic rings. The van der Waals surface area contributed by atoms with Gasteiger partial charge in [-0.2, -0.15) is 29.9 Å². The maximum Gasteiger partial charge on any atom is 0.328 e. The fourth-order valence-corrected chi connectivity index (χ4v) is 11.0. The van der Waals surface area contributed by atoms with E-state index in [1.165, 1.54) is 26.7 Å². The second-order valence-electron chi connectivity index (χ2n) is 25.2. The predicted octanol–water partition coefficient (Wildman–Crippen LogP) is 3.14. The molecule has 0 saturated carbocycles. The summed E-state index contributed by atoms with van der Waals surface area (Å²) in [6.45, 7) is 12.5. The molecule has 1 fully saturated rings. The Morgan fingerprint density at radius 3 is 1.20 bits per heavy atom. The molecule has 1 aliphatic rings. The second kappa shape index (κ2) is 43.4. The monoisotopic (exact) mass is 1510 g/mol. The first-order valence-electron chi connectivity index (χ1n) is 35.7. The van der Waals surface area contributed by atoms with Crippen molar-refractivity contribution in [3.8, 4) is 18.0 Å². The van der Waals surface area contributed by atoms with Crippen LogP contribution in [0.2, 0.25) is 0 Å². The highest BCUT2D eigenvalue weighted by Gasteiger charge is 2.21. The van der Waals surface area contributed by atoms with E-state index < -0.39 is 0 Å². The minimum atomic E-state index is -0.372. The van der Waals surface area contributed by atoms with E-state index in [2.05, 4.69) is 62.1 Å². The maximum atomic E-state index is 12.6. The van der Waals surface area contributed by atoms with Crippen LogP contribution in [-0.2, 0) is 91.3 Å². The van der Waals surface area contributed by atoms with Crippen LogP contribution in [0.15, 0.2) is 99.8 Å². The number of hydrogen-bond acceptors (Lipinski definition) is 27. The van der Waals surface area contributed by atoms with Crippen LogP contribution in [0.5, 0.6) is 18.0 Å². The lowest BCUT2D eigenvalue weighted by Crippen LogP contribution is -2.46. The van der Waals surface area contributed by atoms with Crippen LogP contribution < -0.4 is 59.1 Å². The van der Waals surface area contributed by atoms with Crippen molar-refractivity contribution in [3.63, 3.8) is 0 Å². The molecule has 10 rings (SSSR count). The number of ether oxygens (including phenoxy) is 8. The molecule has 0 unspecified atom stereocenters. The number of rotatable bonds is 43. The molecule has 584 valence electrons. The Kier molecular flexibility index (Phi) is 33.2. The lowest BCUT2D eigenvalue weighted by atomic mass is 10.0. The molecule has 2 amide bonds. The number of Topliss-reactive ketones (excluding diaryl/α,β-unsaturated/α-hetero) is 3. The molecule has 3 aromatic carbocycles. The standard InChI is InChI=1S/C29H40N6O8.C25H33N7O5.C20H23N5O4/c1-20(36)11-13-41-16-17-42-14-12-31-24(38)10-9-23(37)8-7-21-3-5-22(6-4-21)19-35-27-25(32-29(35)39)26(30)33-28(34-27)43-18-15-40-2;1-36-14-15-37-24-29-22(26)21-23(30-24)32(25(35)28-21)16-18-4-2-17(3-5-18)6-7-19(33)8-9-20(34)31-12-10-27-11-13-31;1-3-15(26)9-8-13-4-6-14(7-5-13)12-25-18-16(22-20(25)27)17(21)23-19(24-18)29-11-10-28-2/h3-6H,7-19H2,1-2H3,(H,31,38)(H,32,39)(H2,30,33,34);2-5,27H,6-16H2,1H3,(H,28,35)(H2,26,29,30);3-7H,1,8-12H2,2H3,(H,22,27)(H2,21,23,24). The van der Waals surface area contributed by atoms with Crippen molar-refractivity contribution < 1.29 is 66.7 Å². The third-order valence-electron chi connectivity index (χ3n) is 17.1. The Labute approximate surface area is 627 Å². The molecular formula is C74H96N18O17. The fraction of sp³-hybridized carbons (Fsp3) is 0.446. The van der Waals surface area contributed by atoms with Gasteiger partial charge >= 0.3 is 35.1 Å². The first-order valence-corrected chi connectivity index (χ1v) is 35.7. The molecular weight excluding hydrogens is 1410 g/mol. The molecule has 0 spiro atoms. The number of amides is 2. The third kappa shape index (κ3) is 26.5. The van der Waals surface area contributed by atoms with Crippen LogP contribution >= 0.6 is 0 Å². The number of anilines is 3. The fourth-order valence-electron chi connectivity index (χ4n) is 11.0.